The van der Waals surface area contributed by atoms with Crippen LogP contribution in [-0.4, -0.2) is 10.9 Å². The fraction of sp³-hybridized carbons (Fsp3) is 0.0833. The number of nitrogen functional groups attached to an aromatic ring is 1. The number of aromatic nitrogens is 1. The first kappa shape index (κ1) is 12.8. The lowest BCUT2D eigenvalue weighted by Crippen LogP contribution is -2.12. The Hall–Kier alpha value is -1.65. The third-order valence-corrected chi connectivity index (χ3v) is 3.17. The van der Waals surface area contributed by atoms with Gasteiger partial charge in [-0.25, -0.2) is 0 Å². The van der Waals surface area contributed by atoms with Gasteiger partial charge in [0, 0.05) is 16.9 Å². The molecular weight excluding hydrogens is 273 g/mol. The third-order valence-electron chi connectivity index (χ3n) is 2.45. The van der Waals surface area contributed by atoms with Crippen molar-refractivity contribution in [1.29, 1.82) is 0 Å². The number of aromatic amines is 1. The van der Waals surface area contributed by atoms with Gasteiger partial charge in [0.15, 0.2) is 0 Å². The summed E-state index contributed by atoms with van der Waals surface area (Å²) >= 11 is 12.0. The first-order valence-electron chi connectivity index (χ1n) is 5.18. The second-order valence-electron chi connectivity index (χ2n) is 3.88. The van der Waals surface area contributed by atoms with Gasteiger partial charge >= 0.3 is 0 Å². The van der Waals surface area contributed by atoms with Crippen molar-refractivity contribution in [3.63, 3.8) is 0 Å². The van der Waals surface area contributed by atoms with Crippen LogP contribution in [0.3, 0.4) is 0 Å². The minimum Gasteiger partial charge on any atom is -0.397 e. The van der Waals surface area contributed by atoms with Gasteiger partial charge in [-0.05, 0) is 30.7 Å². The number of nitrogens with two attached hydrogens (primary N) is 1. The Labute approximate surface area is 114 Å². The number of amides is 1. The maximum absolute atomic E-state index is 11.9. The summed E-state index contributed by atoms with van der Waals surface area (Å²) in [6.07, 6.45) is 1.54. The molecule has 0 atom stereocenters. The summed E-state index contributed by atoms with van der Waals surface area (Å²) < 4.78 is 0. The van der Waals surface area contributed by atoms with Crippen molar-refractivity contribution in [3.05, 3.63) is 45.7 Å². The molecule has 0 saturated carbocycles. The summed E-state index contributed by atoms with van der Waals surface area (Å²) in [5.41, 5.74) is 7.69. The summed E-state index contributed by atoms with van der Waals surface area (Å²) in [5, 5.41) is 3.64. The van der Waals surface area contributed by atoms with Crippen LogP contribution in [0, 0.1) is 6.92 Å². The molecule has 1 amide bonds. The van der Waals surface area contributed by atoms with Crippen molar-refractivity contribution < 1.29 is 4.79 Å². The zero-order valence-electron chi connectivity index (χ0n) is 9.55. The van der Waals surface area contributed by atoms with E-state index in [1.165, 1.54) is 0 Å². The Bertz CT molecular complexity index is 607. The number of carbonyl (C=O) groups excluding carboxylic acids is 1. The van der Waals surface area contributed by atoms with E-state index in [9.17, 15) is 4.79 Å². The maximum Gasteiger partial charge on any atom is 0.272 e. The number of hydrogen-bond donors (Lipinski definition) is 3. The van der Waals surface area contributed by atoms with E-state index in [1.807, 2.05) is 6.92 Å². The number of benzene rings is 1. The van der Waals surface area contributed by atoms with E-state index in [1.54, 1.807) is 24.4 Å². The molecule has 4 nitrogen and oxygen atoms in total. The molecule has 0 aliphatic carbocycles. The van der Waals surface area contributed by atoms with Crippen LogP contribution >= 0.6 is 23.2 Å². The minimum atomic E-state index is -0.325. The minimum absolute atomic E-state index is 0.325. The van der Waals surface area contributed by atoms with Crippen LogP contribution in [0.2, 0.25) is 10.0 Å². The molecule has 2 rings (SSSR count). The van der Waals surface area contributed by atoms with Gasteiger partial charge in [0.1, 0.15) is 5.69 Å². The maximum atomic E-state index is 11.9. The lowest BCUT2D eigenvalue weighted by Gasteiger charge is -2.08. The molecule has 1 aromatic heterocycles. The molecule has 2 aromatic rings. The number of carbonyl (C=O) groups is 1. The molecule has 94 valence electrons. The molecule has 0 fully saturated rings. The fourth-order valence-corrected chi connectivity index (χ4v) is 1.90. The van der Waals surface area contributed by atoms with Crippen LogP contribution in [-0.2, 0) is 0 Å². The van der Waals surface area contributed by atoms with Crippen LogP contribution < -0.4 is 11.1 Å². The summed E-state index contributed by atoms with van der Waals surface area (Å²) in [6, 6.07) is 4.85. The SMILES string of the molecule is Cc1cc(Cl)c(NC(=O)c2cc(N)c[nH]2)cc1Cl. The monoisotopic (exact) mass is 283 g/mol. The molecule has 0 bridgehead atoms. The highest BCUT2D eigenvalue weighted by atomic mass is 35.5. The average molecular weight is 284 g/mol. The van der Waals surface area contributed by atoms with Crippen LogP contribution in [0.1, 0.15) is 16.1 Å². The third kappa shape index (κ3) is 2.60. The summed E-state index contributed by atoms with van der Waals surface area (Å²) in [6.45, 7) is 1.84. The first-order chi connectivity index (χ1) is 8.47. The molecule has 0 aliphatic heterocycles. The number of rotatable bonds is 2. The molecule has 18 heavy (non-hydrogen) atoms. The van der Waals surface area contributed by atoms with Gasteiger partial charge in [-0.1, -0.05) is 23.2 Å². The fourth-order valence-electron chi connectivity index (χ4n) is 1.47. The Balaban J connectivity index is 2.24. The molecule has 4 N–H and O–H groups in total. The lowest BCUT2D eigenvalue weighted by molar-refractivity contribution is 0.102. The number of hydrogen-bond acceptors (Lipinski definition) is 2. The molecule has 1 heterocycles. The van der Waals surface area contributed by atoms with E-state index < -0.39 is 0 Å². The predicted molar refractivity (Wildman–Crippen MR) is 74.4 cm³/mol. The lowest BCUT2D eigenvalue weighted by atomic mass is 10.2. The Kier molecular flexibility index (Phi) is 3.50. The molecule has 0 aliphatic rings. The molecule has 1 aromatic carbocycles. The zero-order chi connectivity index (χ0) is 13.3. The van der Waals surface area contributed by atoms with Crippen LogP contribution in [0.4, 0.5) is 11.4 Å². The highest BCUT2D eigenvalue weighted by Gasteiger charge is 2.11. The van der Waals surface area contributed by atoms with Gasteiger partial charge in [-0.2, -0.15) is 0 Å². The summed E-state index contributed by atoms with van der Waals surface area (Å²) in [4.78, 5) is 14.6. The number of halogens is 2. The van der Waals surface area contributed by atoms with E-state index in [2.05, 4.69) is 10.3 Å². The molecule has 6 heteroatoms. The Morgan fingerprint density at radius 2 is 2.00 bits per heavy atom. The van der Waals surface area contributed by atoms with Crippen LogP contribution in [0.5, 0.6) is 0 Å². The topological polar surface area (TPSA) is 70.9 Å². The van der Waals surface area contributed by atoms with E-state index in [4.69, 9.17) is 28.9 Å². The number of aryl methyl sites for hydroxylation is 1. The van der Waals surface area contributed by atoms with Crippen molar-refractivity contribution in [1.82, 2.24) is 4.98 Å². The quantitative estimate of drug-likeness (QED) is 0.790. The second kappa shape index (κ2) is 4.92. The predicted octanol–water partition coefficient (Wildman–Crippen LogP) is 3.46. The Morgan fingerprint density at radius 1 is 1.28 bits per heavy atom. The molecule has 0 saturated heterocycles. The van der Waals surface area contributed by atoms with Crippen molar-refractivity contribution in [2.24, 2.45) is 0 Å². The van der Waals surface area contributed by atoms with Gasteiger partial charge in [0.25, 0.3) is 5.91 Å². The van der Waals surface area contributed by atoms with Crippen molar-refractivity contribution in [3.8, 4) is 0 Å². The molecular formula is C12H11Cl2N3O. The summed E-state index contributed by atoms with van der Waals surface area (Å²) in [7, 11) is 0. The Morgan fingerprint density at radius 3 is 2.61 bits per heavy atom. The van der Waals surface area contributed by atoms with E-state index >= 15 is 0 Å². The van der Waals surface area contributed by atoms with Crippen LogP contribution in [0.25, 0.3) is 0 Å². The van der Waals surface area contributed by atoms with E-state index in [0.29, 0.717) is 27.1 Å². The highest BCUT2D eigenvalue weighted by molar-refractivity contribution is 6.36. The van der Waals surface area contributed by atoms with Crippen molar-refractivity contribution in [2.75, 3.05) is 11.1 Å². The largest absolute Gasteiger partial charge is 0.397 e. The van der Waals surface area contributed by atoms with Gasteiger partial charge < -0.3 is 16.0 Å². The van der Waals surface area contributed by atoms with Crippen molar-refractivity contribution >= 4 is 40.5 Å². The molecule has 0 radical (unpaired) electrons. The standard InChI is InChI=1S/C12H11Cl2N3O/c1-6-2-9(14)10(4-8(6)13)17-12(18)11-3-7(15)5-16-11/h2-5,16H,15H2,1H3,(H,17,18). The van der Waals surface area contributed by atoms with E-state index in [-0.39, 0.29) is 5.91 Å². The molecule has 0 unspecified atom stereocenters. The van der Waals surface area contributed by atoms with E-state index in [0.717, 1.165) is 5.56 Å². The normalized spacial score (nSPS) is 10.4. The first-order valence-corrected chi connectivity index (χ1v) is 5.94. The highest BCUT2D eigenvalue weighted by Crippen LogP contribution is 2.29. The number of nitrogens with one attached hydrogen (secondary N) is 2. The van der Waals surface area contributed by atoms with Gasteiger partial charge in [0.2, 0.25) is 0 Å². The number of H-pyrrole nitrogens is 1. The average Bonchev–Trinajstić information content (AvgIpc) is 2.73. The second-order valence-corrected chi connectivity index (χ2v) is 4.70. The van der Waals surface area contributed by atoms with Gasteiger partial charge in [-0.3, -0.25) is 4.79 Å². The summed E-state index contributed by atoms with van der Waals surface area (Å²) in [5.74, 6) is -0.325. The number of anilines is 2. The van der Waals surface area contributed by atoms with Crippen molar-refractivity contribution in [2.45, 2.75) is 6.92 Å². The smallest absolute Gasteiger partial charge is 0.272 e. The molecule has 0 spiro atoms. The van der Waals surface area contributed by atoms with Gasteiger partial charge in [-0.15, -0.1) is 0 Å². The zero-order valence-corrected chi connectivity index (χ0v) is 11.1. The van der Waals surface area contributed by atoms with Crippen LogP contribution in [0.15, 0.2) is 24.4 Å². The van der Waals surface area contributed by atoms with Gasteiger partial charge in [0.05, 0.1) is 10.7 Å².